The molecule has 0 amide bonds. The van der Waals surface area contributed by atoms with Gasteiger partial charge in [-0.25, -0.2) is 4.39 Å². The van der Waals surface area contributed by atoms with Gasteiger partial charge in [0.1, 0.15) is 5.82 Å². The Kier molecular flexibility index (Phi) is 5.63. The minimum absolute atomic E-state index is 0.0721. The quantitative estimate of drug-likeness (QED) is 0.798. The lowest BCUT2D eigenvalue weighted by molar-refractivity contribution is 0.531. The summed E-state index contributed by atoms with van der Waals surface area (Å²) < 4.78 is 13.7. The van der Waals surface area contributed by atoms with Crippen LogP contribution in [0.15, 0.2) is 12.1 Å². The summed E-state index contributed by atoms with van der Waals surface area (Å²) in [6.45, 7) is 6.11. The summed E-state index contributed by atoms with van der Waals surface area (Å²) in [6, 6.07) is 3.88. The summed E-state index contributed by atoms with van der Waals surface area (Å²) >= 11 is 0. The van der Waals surface area contributed by atoms with Crippen LogP contribution >= 0.6 is 0 Å². The lowest BCUT2D eigenvalue weighted by Gasteiger charge is -2.11. The van der Waals surface area contributed by atoms with E-state index in [1.54, 1.807) is 6.07 Å². The van der Waals surface area contributed by atoms with Crippen LogP contribution in [0.25, 0.3) is 0 Å². The Labute approximate surface area is 104 Å². The molecule has 1 atom stereocenters. The van der Waals surface area contributed by atoms with Gasteiger partial charge >= 0.3 is 0 Å². The van der Waals surface area contributed by atoms with Gasteiger partial charge < -0.3 is 5.73 Å². The van der Waals surface area contributed by atoms with Crippen LogP contribution in [0.4, 0.5) is 4.39 Å². The van der Waals surface area contributed by atoms with Gasteiger partial charge in [0.25, 0.3) is 0 Å². The Hall–Kier alpha value is -0.890. The van der Waals surface area contributed by atoms with Gasteiger partial charge in [0.2, 0.25) is 0 Å². The fraction of sp³-hybridized carbons (Fsp3) is 0.600. The molecular formula is C15H24FN. The van der Waals surface area contributed by atoms with Crippen LogP contribution in [0, 0.1) is 19.7 Å². The Morgan fingerprint density at radius 1 is 1.18 bits per heavy atom. The molecule has 0 heterocycles. The molecule has 96 valence electrons. The van der Waals surface area contributed by atoms with Gasteiger partial charge in [-0.3, -0.25) is 0 Å². The molecule has 17 heavy (non-hydrogen) atoms. The molecule has 1 nitrogen and oxygen atoms in total. The van der Waals surface area contributed by atoms with Gasteiger partial charge in [0.05, 0.1) is 0 Å². The van der Waals surface area contributed by atoms with E-state index in [1.807, 2.05) is 19.9 Å². The Morgan fingerprint density at radius 2 is 1.82 bits per heavy atom. The van der Waals surface area contributed by atoms with Gasteiger partial charge in [0.15, 0.2) is 0 Å². The van der Waals surface area contributed by atoms with Gasteiger partial charge in [0, 0.05) is 6.04 Å². The topological polar surface area (TPSA) is 26.0 Å². The molecule has 0 spiro atoms. The van der Waals surface area contributed by atoms with Crippen molar-refractivity contribution in [1.29, 1.82) is 0 Å². The maximum absolute atomic E-state index is 13.7. The molecule has 2 heteroatoms. The fourth-order valence-electron chi connectivity index (χ4n) is 2.10. The molecule has 1 rings (SSSR count). The number of aryl methyl sites for hydroxylation is 3. The monoisotopic (exact) mass is 237 g/mol. The number of halogens is 1. The van der Waals surface area contributed by atoms with Crippen molar-refractivity contribution in [2.75, 3.05) is 0 Å². The maximum Gasteiger partial charge on any atom is 0.126 e. The Bertz CT molecular complexity index is 360. The summed E-state index contributed by atoms with van der Waals surface area (Å²) in [7, 11) is 0. The first-order valence-electron chi connectivity index (χ1n) is 6.55. The second-order valence-electron chi connectivity index (χ2n) is 4.97. The minimum Gasteiger partial charge on any atom is -0.328 e. The van der Waals surface area contributed by atoms with E-state index in [9.17, 15) is 4.39 Å². The van der Waals surface area contributed by atoms with E-state index >= 15 is 0 Å². The first kappa shape index (κ1) is 14.2. The number of rotatable bonds is 6. The minimum atomic E-state index is -0.0721. The van der Waals surface area contributed by atoms with Gasteiger partial charge in [-0.05, 0) is 62.3 Å². The summed E-state index contributed by atoms with van der Waals surface area (Å²) in [6.07, 6.45) is 4.94. The average molecular weight is 237 g/mol. The van der Waals surface area contributed by atoms with Crippen molar-refractivity contribution in [1.82, 2.24) is 0 Å². The smallest absolute Gasteiger partial charge is 0.126 e. The second-order valence-corrected chi connectivity index (χ2v) is 4.97. The van der Waals surface area contributed by atoms with Crippen molar-refractivity contribution in [2.24, 2.45) is 5.73 Å². The third kappa shape index (κ3) is 4.47. The van der Waals surface area contributed by atoms with E-state index in [2.05, 4.69) is 6.92 Å². The highest BCUT2D eigenvalue weighted by Crippen LogP contribution is 2.17. The summed E-state index contributed by atoms with van der Waals surface area (Å²) in [5, 5.41) is 0. The van der Waals surface area contributed by atoms with Crippen molar-refractivity contribution >= 4 is 0 Å². The first-order chi connectivity index (χ1) is 8.04. The zero-order chi connectivity index (χ0) is 12.8. The van der Waals surface area contributed by atoms with E-state index < -0.39 is 0 Å². The van der Waals surface area contributed by atoms with Crippen LogP contribution < -0.4 is 5.73 Å². The molecule has 0 aromatic heterocycles. The number of hydrogen-bond donors (Lipinski definition) is 1. The molecule has 0 saturated carbocycles. The molecule has 0 aliphatic heterocycles. The first-order valence-corrected chi connectivity index (χ1v) is 6.55. The van der Waals surface area contributed by atoms with Gasteiger partial charge in [-0.1, -0.05) is 19.4 Å². The fourth-order valence-corrected chi connectivity index (χ4v) is 2.10. The highest BCUT2D eigenvalue weighted by molar-refractivity contribution is 5.31. The number of benzene rings is 1. The van der Waals surface area contributed by atoms with E-state index in [4.69, 9.17) is 5.73 Å². The lowest BCUT2D eigenvalue weighted by atomic mass is 9.99. The summed E-state index contributed by atoms with van der Waals surface area (Å²) in [5.74, 6) is -0.0721. The molecule has 0 aliphatic rings. The van der Waals surface area contributed by atoms with E-state index in [1.165, 1.54) is 5.56 Å². The van der Waals surface area contributed by atoms with Crippen molar-refractivity contribution in [3.8, 4) is 0 Å². The zero-order valence-electron chi connectivity index (χ0n) is 11.2. The third-order valence-electron chi connectivity index (χ3n) is 3.34. The van der Waals surface area contributed by atoms with Crippen LogP contribution in [0.2, 0.25) is 0 Å². The SMILES string of the molecule is CCCC(N)CCCc1cc(C)c(C)cc1F. The van der Waals surface area contributed by atoms with Crippen LogP contribution in [0.3, 0.4) is 0 Å². The van der Waals surface area contributed by atoms with E-state index in [-0.39, 0.29) is 11.9 Å². The van der Waals surface area contributed by atoms with Crippen molar-refractivity contribution in [3.63, 3.8) is 0 Å². The molecule has 0 radical (unpaired) electrons. The molecular weight excluding hydrogens is 213 g/mol. The van der Waals surface area contributed by atoms with Crippen LogP contribution in [0.5, 0.6) is 0 Å². The molecule has 0 fully saturated rings. The highest BCUT2D eigenvalue weighted by atomic mass is 19.1. The van der Waals surface area contributed by atoms with E-state index in [0.29, 0.717) is 0 Å². The molecule has 1 aromatic carbocycles. The number of nitrogens with two attached hydrogens (primary N) is 1. The van der Waals surface area contributed by atoms with Gasteiger partial charge in [-0.15, -0.1) is 0 Å². The van der Waals surface area contributed by atoms with Crippen LogP contribution in [-0.2, 0) is 6.42 Å². The molecule has 1 unspecified atom stereocenters. The maximum atomic E-state index is 13.7. The molecule has 0 aliphatic carbocycles. The predicted molar refractivity (Wildman–Crippen MR) is 71.7 cm³/mol. The third-order valence-corrected chi connectivity index (χ3v) is 3.34. The average Bonchev–Trinajstić information content (AvgIpc) is 2.26. The van der Waals surface area contributed by atoms with Crippen LogP contribution in [-0.4, -0.2) is 6.04 Å². The second kappa shape index (κ2) is 6.75. The standard InChI is InChI=1S/C15H24FN/c1-4-6-14(17)8-5-7-13-9-11(2)12(3)10-15(13)16/h9-10,14H,4-8,17H2,1-3H3. The van der Waals surface area contributed by atoms with Crippen molar-refractivity contribution in [3.05, 3.63) is 34.6 Å². The van der Waals surface area contributed by atoms with E-state index in [0.717, 1.165) is 43.2 Å². The summed E-state index contributed by atoms with van der Waals surface area (Å²) in [4.78, 5) is 0. The normalized spacial score (nSPS) is 12.8. The molecule has 1 aromatic rings. The van der Waals surface area contributed by atoms with Crippen molar-refractivity contribution in [2.45, 2.75) is 58.9 Å². The molecule has 0 saturated heterocycles. The zero-order valence-corrected chi connectivity index (χ0v) is 11.2. The highest BCUT2D eigenvalue weighted by Gasteiger charge is 2.06. The molecule has 2 N–H and O–H groups in total. The summed E-state index contributed by atoms with van der Waals surface area (Å²) in [5.41, 5.74) is 8.97. The van der Waals surface area contributed by atoms with Crippen LogP contribution in [0.1, 0.15) is 49.3 Å². The van der Waals surface area contributed by atoms with Gasteiger partial charge in [-0.2, -0.15) is 0 Å². The predicted octanol–water partition coefficient (Wildman–Crippen LogP) is 3.89. The Balaban J connectivity index is 2.49. The van der Waals surface area contributed by atoms with Crippen molar-refractivity contribution < 1.29 is 4.39 Å². The molecule has 0 bridgehead atoms. The largest absolute Gasteiger partial charge is 0.328 e. The number of hydrogen-bond acceptors (Lipinski definition) is 1. The lowest BCUT2D eigenvalue weighted by Crippen LogP contribution is -2.19. The Morgan fingerprint density at radius 3 is 2.47 bits per heavy atom.